The van der Waals surface area contributed by atoms with Gasteiger partial charge >= 0.3 is 6.18 Å². The largest absolute Gasteiger partial charge is 0.416 e. The number of hydrogen-bond acceptors (Lipinski definition) is 5. The van der Waals surface area contributed by atoms with E-state index in [9.17, 15) is 18.0 Å². The number of hydrogen-bond donors (Lipinski definition) is 0. The molecule has 22 heavy (non-hydrogen) atoms. The first-order valence-electron chi connectivity index (χ1n) is 6.10. The van der Waals surface area contributed by atoms with Crippen LogP contribution >= 0.6 is 0 Å². The van der Waals surface area contributed by atoms with E-state index in [-0.39, 0.29) is 17.0 Å². The molecule has 0 aliphatic carbocycles. The summed E-state index contributed by atoms with van der Waals surface area (Å²) in [5.41, 5.74) is -0.321. The fourth-order valence-electron chi connectivity index (χ4n) is 1.93. The zero-order valence-electron chi connectivity index (χ0n) is 11.7. The topological polar surface area (TPSA) is 61.6 Å². The van der Waals surface area contributed by atoms with Gasteiger partial charge in [-0.3, -0.25) is 4.79 Å². The van der Waals surface area contributed by atoms with Gasteiger partial charge in [0.2, 0.25) is 6.29 Å². The molecule has 0 N–H and O–H groups in total. The Morgan fingerprint density at radius 3 is 2.23 bits per heavy atom. The van der Waals surface area contributed by atoms with Gasteiger partial charge in [-0.05, 0) is 12.1 Å². The van der Waals surface area contributed by atoms with Gasteiger partial charge in [-0.1, -0.05) is 17.3 Å². The summed E-state index contributed by atoms with van der Waals surface area (Å²) in [7, 11) is 2.71. The summed E-state index contributed by atoms with van der Waals surface area (Å²) < 4.78 is 52.7. The second kappa shape index (κ2) is 6.29. The van der Waals surface area contributed by atoms with Crippen molar-refractivity contribution < 1.29 is 32.0 Å². The summed E-state index contributed by atoms with van der Waals surface area (Å²) in [6.45, 7) is 0. The van der Waals surface area contributed by atoms with Crippen molar-refractivity contribution in [1.29, 1.82) is 0 Å². The molecule has 0 radical (unpaired) electrons. The lowest BCUT2D eigenvalue weighted by Gasteiger charge is -2.10. The van der Waals surface area contributed by atoms with Crippen LogP contribution in [0.1, 0.15) is 27.9 Å². The minimum atomic E-state index is -4.43. The van der Waals surface area contributed by atoms with Crippen molar-refractivity contribution in [1.82, 2.24) is 5.16 Å². The highest BCUT2D eigenvalue weighted by Gasteiger charge is 2.30. The summed E-state index contributed by atoms with van der Waals surface area (Å²) in [5, 5.41) is 3.70. The molecule has 0 saturated carbocycles. The SMILES string of the molecule is COC(OC)c1noc(-c2ccc(C(F)(F)F)cc2)c1C=O. The summed E-state index contributed by atoms with van der Waals surface area (Å²) in [6.07, 6.45) is -4.85. The van der Waals surface area contributed by atoms with Crippen LogP contribution in [-0.2, 0) is 15.7 Å². The van der Waals surface area contributed by atoms with Crippen LogP contribution in [0.25, 0.3) is 11.3 Å². The standard InChI is InChI=1S/C14H12F3NO4/c1-20-13(21-2)11-10(7-19)12(22-18-11)8-3-5-9(6-4-8)14(15,16)17/h3-7,13H,1-2H3. The Kier molecular flexibility index (Phi) is 4.62. The molecule has 8 heteroatoms. The lowest BCUT2D eigenvalue weighted by Crippen LogP contribution is -2.06. The van der Waals surface area contributed by atoms with Crippen molar-refractivity contribution in [2.24, 2.45) is 0 Å². The fraction of sp³-hybridized carbons (Fsp3) is 0.286. The van der Waals surface area contributed by atoms with Crippen molar-refractivity contribution in [2.75, 3.05) is 14.2 Å². The smallest absolute Gasteiger partial charge is 0.355 e. The van der Waals surface area contributed by atoms with Crippen molar-refractivity contribution in [3.8, 4) is 11.3 Å². The molecule has 0 bridgehead atoms. The zero-order chi connectivity index (χ0) is 16.3. The number of aldehydes is 1. The first kappa shape index (κ1) is 16.2. The van der Waals surface area contributed by atoms with Crippen molar-refractivity contribution in [3.05, 3.63) is 41.1 Å². The van der Waals surface area contributed by atoms with Crippen LogP contribution in [0.5, 0.6) is 0 Å². The molecule has 0 saturated heterocycles. The summed E-state index contributed by atoms with van der Waals surface area (Å²) in [6, 6.07) is 4.20. The van der Waals surface area contributed by atoms with Gasteiger partial charge in [-0.25, -0.2) is 0 Å². The number of methoxy groups -OCH3 is 2. The van der Waals surface area contributed by atoms with E-state index < -0.39 is 18.0 Å². The molecule has 0 amide bonds. The van der Waals surface area contributed by atoms with E-state index in [1.165, 1.54) is 26.4 Å². The molecule has 0 aliphatic heterocycles. The Labute approximate surface area is 123 Å². The third-order valence-electron chi connectivity index (χ3n) is 3.00. The minimum Gasteiger partial charge on any atom is -0.355 e. The van der Waals surface area contributed by atoms with E-state index >= 15 is 0 Å². The van der Waals surface area contributed by atoms with Gasteiger partial charge in [0.05, 0.1) is 11.1 Å². The Balaban J connectivity index is 2.43. The van der Waals surface area contributed by atoms with E-state index in [2.05, 4.69) is 5.16 Å². The number of halogens is 3. The van der Waals surface area contributed by atoms with Crippen LogP contribution in [-0.4, -0.2) is 25.7 Å². The second-order valence-corrected chi connectivity index (χ2v) is 4.31. The van der Waals surface area contributed by atoms with Crippen LogP contribution in [0, 0.1) is 0 Å². The molecule has 0 atom stereocenters. The molecule has 5 nitrogen and oxygen atoms in total. The minimum absolute atomic E-state index is 0.0535. The Hall–Kier alpha value is -2.19. The average Bonchev–Trinajstić information content (AvgIpc) is 2.91. The highest BCUT2D eigenvalue weighted by molar-refractivity contribution is 5.86. The highest BCUT2D eigenvalue weighted by Crippen LogP contribution is 2.33. The normalized spacial score (nSPS) is 11.9. The third-order valence-corrected chi connectivity index (χ3v) is 3.00. The molecule has 2 aromatic rings. The maximum atomic E-state index is 12.5. The van der Waals surface area contributed by atoms with Crippen molar-refractivity contribution in [3.63, 3.8) is 0 Å². The quantitative estimate of drug-likeness (QED) is 0.624. The van der Waals surface area contributed by atoms with E-state index in [0.29, 0.717) is 11.8 Å². The summed E-state index contributed by atoms with van der Waals surface area (Å²) in [4.78, 5) is 11.3. The zero-order valence-corrected chi connectivity index (χ0v) is 11.7. The Morgan fingerprint density at radius 2 is 1.77 bits per heavy atom. The number of benzene rings is 1. The number of nitrogens with zero attached hydrogens (tertiary/aromatic N) is 1. The third kappa shape index (κ3) is 3.02. The van der Waals surface area contributed by atoms with E-state index in [1.54, 1.807) is 0 Å². The van der Waals surface area contributed by atoms with E-state index in [4.69, 9.17) is 14.0 Å². The van der Waals surface area contributed by atoms with Crippen molar-refractivity contribution >= 4 is 6.29 Å². The molecule has 0 spiro atoms. The van der Waals surface area contributed by atoms with Gasteiger partial charge in [0.1, 0.15) is 0 Å². The molecule has 0 aliphatic rings. The van der Waals surface area contributed by atoms with Crippen LogP contribution in [0.15, 0.2) is 28.8 Å². The first-order valence-corrected chi connectivity index (χ1v) is 6.10. The Bertz CT molecular complexity index is 645. The van der Waals surface area contributed by atoms with Gasteiger partial charge < -0.3 is 14.0 Å². The predicted molar refractivity (Wildman–Crippen MR) is 69.1 cm³/mol. The molecule has 1 aromatic heterocycles. The first-order chi connectivity index (χ1) is 10.4. The van der Waals surface area contributed by atoms with Gasteiger partial charge in [0, 0.05) is 19.8 Å². The number of carbonyl (C=O) groups is 1. The van der Waals surface area contributed by atoms with Crippen molar-refractivity contribution in [2.45, 2.75) is 12.5 Å². The fourth-order valence-corrected chi connectivity index (χ4v) is 1.93. The number of carbonyl (C=O) groups excluding carboxylic acids is 1. The summed E-state index contributed by atoms with van der Waals surface area (Å²) >= 11 is 0. The molecule has 1 heterocycles. The van der Waals surface area contributed by atoms with Gasteiger partial charge in [-0.15, -0.1) is 0 Å². The number of rotatable bonds is 5. The molecular formula is C14H12F3NO4. The number of alkyl halides is 3. The lowest BCUT2D eigenvalue weighted by molar-refractivity contribution is -0.137. The molecule has 0 unspecified atom stereocenters. The maximum absolute atomic E-state index is 12.5. The average molecular weight is 315 g/mol. The van der Waals surface area contributed by atoms with Crippen LogP contribution in [0.3, 0.4) is 0 Å². The van der Waals surface area contributed by atoms with Gasteiger partial charge in [0.15, 0.2) is 17.7 Å². The molecule has 2 rings (SSSR count). The van der Waals surface area contributed by atoms with Crippen LogP contribution in [0.4, 0.5) is 13.2 Å². The van der Waals surface area contributed by atoms with Gasteiger partial charge in [-0.2, -0.15) is 13.2 Å². The lowest BCUT2D eigenvalue weighted by atomic mass is 10.1. The molecular weight excluding hydrogens is 303 g/mol. The maximum Gasteiger partial charge on any atom is 0.416 e. The van der Waals surface area contributed by atoms with E-state index in [1.807, 2.05) is 0 Å². The van der Waals surface area contributed by atoms with Crippen LogP contribution in [0.2, 0.25) is 0 Å². The number of ether oxygens (including phenoxy) is 2. The number of aromatic nitrogens is 1. The summed E-state index contributed by atoms with van der Waals surface area (Å²) in [5.74, 6) is 0.0535. The van der Waals surface area contributed by atoms with E-state index in [0.717, 1.165) is 12.1 Å². The molecule has 1 aromatic carbocycles. The second-order valence-electron chi connectivity index (χ2n) is 4.31. The highest BCUT2D eigenvalue weighted by atomic mass is 19.4. The molecule has 0 fully saturated rings. The monoisotopic (exact) mass is 315 g/mol. The van der Waals surface area contributed by atoms with Gasteiger partial charge in [0.25, 0.3) is 0 Å². The predicted octanol–water partition coefficient (Wildman–Crippen LogP) is 3.46. The molecule has 118 valence electrons. The Morgan fingerprint density at radius 1 is 1.18 bits per heavy atom. The van der Waals surface area contributed by atoms with Crippen LogP contribution < -0.4 is 0 Å².